The number of rotatable bonds is 6. The summed E-state index contributed by atoms with van der Waals surface area (Å²) in [7, 11) is -3.92. The Kier molecular flexibility index (Phi) is 5.12. The first kappa shape index (κ1) is 17.2. The number of hydrogen-bond acceptors (Lipinski definition) is 5. The zero-order chi connectivity index (χ0) is 17.2. The van der Waals surface area contributed by atoms with E-state index in [4.69, 9.17) is 0 Å². The molecule has 0 aliphatic rings. The Hall–Kier alpha value is -1.58. The second-order valence-electron chi connectivity index (χ2n) is 4.98. The van der Waals surface area contributed by atoms with Crippen LogP contribution in [0.15, 0.2) is 58.8 Å². The van der Waals surface area contributed by atoms with Crippen molar-refractivity contribution in [2.45, 2.75) is 17.5 Å². The molecule has 0 amide bonds. The van der Waals surface area contributed by atoms with Gasteiger partial charge in [-0.15, -0.1) is 22.7 Å². The van der Waals surface area contributed by atoms with Crippen molar-refractivity contribution >= 4 is 32.7 Å². The van der Waals surface area contributed by atoms with E-state index in [2.05, 4.69) is 4.72 Å². The molecule has 0 saturated carbocycles. The van der Waals surface area contributed by atoms with Crippen LogP contribution in [0.2, 0.25) is 0 Å². The maximum atomic E-state index is 13.6. The summed E-state index contributed by atoms with van der Waals surface area (Å²) in [5.74, 6) is -0.787. The lowest BCUT2D eigenvalue weighted by Gasteiger charge is -2.07. The van der Waals surface area contributed by atoms with E-state index < -0.39 is 21.9 Å². The first-order valence-corrected chi connectivity index (χ1v) is 10.2. The molecule has 0 aliphatic heterocycles. The Morgan fingerprint density at radius 2 is 1.88 bits per heavy atom. The van der Waals surface area contributed by atoms with Gasteiger partial charge in [0.25, 0.3) is 0 Å². The first-order chi connectivity index (χ1) is 11.5. The molecule has 0 fully saturated rings. The molecule has 4 nitrogen and oxygen atoms in total. The second kappa shape index (κ2) is 7.12. The van der Waals surface area contributed by atoms with Crippen LogP contribution in [0.25, 0.3) is 0 Å². The minimum atomic E-state index is -3.92. The van der Waals surface area contributed by atoms with Crippen LogP contribution in [0.1, 0.15) is 20.7 Å². The number of hydrogen-bond donors (Lipinski definition) is 2. The van der Waals surface area contributed by atoms with E-state index in [9.17, 15) is 17.9 Å². The molecule has 126 valence electrons. The molecule has 3 aromatic rings. The third-order valence-corrected chi connectivity index (χ3v) is 6.82. The zero-order valence-corrected chi connectivity index (χ0v) is 14.8. The van der Waals surface area contributed by atoms with Crippen LogP contribution in [-0.4, -0.2) is 13.5 Å². The van der Waals surface area contributed by atoms with Gasteiger partial charge in [-0.3, -0.25) is 0 Å². The lowest BCUT2D eigenvalue weighted by Crippen LogP contribution is -2.23. The van der Waals surface area contributed by atoms with Crippen molar-refractivity contribution in [2.24, 2.45) is 0 Å². The van der Waals surface area contributed by atoms with Crippen molar-refractivity contribution in [3.63, 3.8) is 0 Å². The van der Waals surface area contributed by atoms with Crippen LogP contribution in [0.3, 0.4) is 0 Å². The quantitative estimate of drug-likeness (QED) is 0.685. The monoisotopic (exact) mass is 383 g/mol. The molecule has 0 aliphatic carbocycles. The molecule has 0 spiro atoms. The predicted molar refractivity (Wildman–Crippen MR) is 93.1 cm³/mol. The normalized spacial score (nSPS) is 13.1. The average molecular weight is 383 g/mol. The summed E-state index contributed by atoms with van der Waals surface area (Å²) in [6, 6.07) is 12.5. The number of sulfonamides is 1. The van der Waals surface area contributed by atoms with Crippen molar-refractivity contribution in [1.29, 1.82) is 0 Å². The molecule has 2 aromatic heterocycles. The average Bonchev–Trinajstić information content (AvgIpc) is 3.24. The highest BCUT2D eigenvalue weighted by atomic mass is 32.2. The molecule has 0 unspecified atom stereocenters. The number of halogens is 1. The lowest BCUT2D eigenvalue weighted by molar-refractivity contribution is 0.228. The maximum Gasteiger partial charge on any atom is 0.243 e. The van der Waals surface area contributed by atoms with Crippen molar-refractivity contribution in [2.75, 3.05) is 0 Å². The van der Waals surface area contributed by atoms with E-state index in [1.807, 2.05) is 17.5 Å². The minimum Gasteiger partial charge on any atom is -0.382 e. The molecule has 8 heteroatoms. The third kappa shape index (κ3) is 3.73. The van der Waals surface area contributed by atoms with Gasteiger partial charge in [0.15, 0.2) is 0 Å². The smallest absolute Gasteiger partial charge is 0.243 e. The number of nitrogens with one attached hydrogen (secondary N) is 1. The Morgan fingerprint density at radius 1 is 1.08 bits per heavy atom. The van der Waals surface area contributed by atoms with Crippen LogP contribution in [0, 0.1) is 5.82 Å². The molecule has 1 aromatic carbocycles. The van der Waals surface area contributed by atoms with Crippen molar-refractivity contribution in [3.8, 4) is 0 Å². The van der Waals surface area contributed by atoms with Gasteiger partial charge in [-0.2, -0.15) is 0 Å². The molecule has 1 atom stereocenters. The SMILES string of the molecule is O=S(=O)(NCc1ccc([C@@H](O)c2cccs2)s1)c1ccccc1F. The highest BCUT2D eigenvalue weighted by Gasteiger charge is 2.19. The van der Waals surface area contributed by atoms with Gasteiger partial charge in [0.1, 0.15) is 16.8 Å². The number of thiophene rings is 2. The molecule has 0 bridgehead atoms. The van der Waals surface area contributed by atoms with Crippen LogP contribution in [0.5, 0.6) is 0 Å². The summed E-state index contributed by atoms with van der Waals surface area (Å²) in [6.45, 7) is 0.0402. The molecule has 0 saturated heterocycles. The van der Waals surface area contributed by atoms with Gasteiger partial charge in [0.2, 0.25) is 10.0 Å². The standard InChI is InChI=1S/C16H14FNO3S3/c17-12-4-1-2-6-15(12)24(20,21)18-10-11-7-8-14(23-11)16(19)13-5-3-9-22-13/h1-9,16,18-19H,10H2/t16-/m0/s1. The van der Waals surface area contributed by atoms with Crippen LogP contribution >= 0.6 is 22.7 Å². The fraction of sp³-hybridized carbons (Fsp3) is 0.125. The summed E-state index contributed by atoms with van der Waals surface area (Å²) in [4.78, 5) is 1.92. The number of benzene rings is 1. The van der Waals surface area contributed by atoms with Crippen molar-refractivity contribution in [3.05, 3.63) is 74.4 Å². The van der Waals surface area contributed by atoms with Crippen LogP contribution in [0.4, 0.5) is 4.39 Å². The zero-order valence-electron chi connectivity index (χ0n) is 12.3. The molecule has 2 heterocycles. The molecule has 0 radical (unpaired) electrons. The highest BCUT2D eigenvalue weighted by Crippen LogP contribution is 2.31. The first-order valence-electron chi connectivity index (χ1n) is 7.01. The Balaban J connectivity index is 1.71. The minimum absolute atomic E-state index is 0.0402. The van der Waals surface area contributed by atoms with Gasteiger partial charge in [0.05, 0.1) is 0 Å². The summed E-state index contributed by atoms with van der Waals surface area (Å²) in [5.41, 5.74) is 0. The number of aliphatic hydroxyl groups excluding tert-OH is 1. The maximum absolute atomic E-state index is 13.6. The van der Waals surface area contributed by atoms with E-state index in [0.717, 1.165) is 20.7 Å². The highest BCUT2D eigenvalue weighted by molar-refractivity contribution is 7.89. The molecular weight excluding hydrogens is 369 g/mol. The Morgan fingerprint density at radius 3 is 2.58 bits per heavy atom. The van der Waals surface area contributed by atoms with Crippen molar-refractivity contribution < 1.29 is 17.9 Å². The van der Waals surface area contributed by atoms with Crippen molar-refractivity contribution in [1.82, 2.24) is 4.72 Å². The lowest BCUT2D eigenvalue weighted by atomic mass is 10.2. The van der Waals surface area contributed by atoms with E-state index in [-0.39, 0.29) is 11.4 Å². The Labute approximate surface area is 147 Å². The fourth-order valence-corrected chi connectivity index (χ4v) is 5.06. The summed E-state index contributed by atoms with van der Waals surface area (Å²) in [5, 5.41) is 12.2. The molecule has 2 N–H and O–H groups in total. The van der Waals surface area contributed by atoms with Gasteiger partial charge in [-0.1, -0.05) is 18.2 Å². The van der Waals surface area contributed by atoms with Gasteiger partial charge in [-0.05, 0) is 35.7 Å². The molecular formula is C16H14FNO3S3. The van der Waals surface area contributed by atoms with E-state index in [1.165, 1.54) is 40.9 Å². The van der Waals surface area contributed by atoms with E-state index in [0.29, 0.717) is 0 Å². The molecule has 24 heavy (non-hydrogen) atoms. The van der Waals surface area contributed by atoms with Crippen LogP contribution in [-0.2, 0) is 16.6 Å². The number of aliphatic hydroxyl groups is 1. The largest absolute Gasteiger partial charge is 0.382 e. The van der Waals surface area contributed by atoms with Gasteiger partial charge < -0.3 is 5.11 Å². The fourth-order valence-electron chi connectivity index (χ4n) is 2.13. The van der Waals surface area contributed by atoms with Gasteiger partial charge in [-0.25, -0.2) is 17.5 Å². The van der Waals surface area contributed by atoms with Gasteiger partial charge >= 0.3 is 0 Å². The summed E-state index contributed by atoms with van der Waals surface area (Å²) in [6.07, 6.45) is -0.716. The third-order valence-electron chi connectivity index (χ3n) is 3.33. The van der Waals surface area contributed by atoms with Crippen LogP contribution < -0.4 is 4.72 Å². The topological polar surface area (TPSA) is 66.4 Å². The summed E-state index contributed by atoms with van der Waals surface area (Å²) >= 11 is 2.77. The summed E-state index contributed by atoms with van der Waals surface area (Å²) < 4.78 is 40.3. The van der Waals surface area contributed by atoms with E-state index >= 15 is 0 Å². The van der Waals surface area contributed by atoms with E-state index in [1.54, 1.807) is 12.1 Å². The Bertz CT molecular complexity index is 920. The molecule has 3 rings (SSSR count). The second-order valence-corrected chi connectivity index (χ2v) is 8.89. The predicted octanol–water partition coefficient (Wildman–Crippen LogP) is 3.51. The van der Waals surface area contributed by atoms with Gasteiger partial charge in [0, 0.05) is 21.2 Å².